The summed E-state index contributed by atoms with van der Waals surface area (Å²) in [7, 11) is 2.77. The minimum atomic E-state index is -1.21. The minimum absolute atomic E-state index is 0.0741. The lowest BCUT2D eigenvalue weighted by Gasteiger charge is -2.15. The van der Waals surface area contributed by atoms with Crippen LogP contribution in [0.3, 0.4) is 0 Å². The molecule has 0 bridgehead atoms. The molecule has 2 aromatic rings. The van der Waals surface area contributed by atoms with Crippen molar-refractivity contribution in [2.45, 2.75) is 0 Å². The van der Waals surface area contributed by atoms with Gasteiger partial charge in [-0.1, -0.05) is 30.0 Å². The van der Waals surface area contributed by atoms with Gasteiger partial charge in [-0.2, -0.15) is 0 Å². The number of nitrogens with zero attached hydrogens (tertiary/aromatic N) is 1. The van der Waals surface area contributed by atoms with Gasteiger partial charge in [0.15, 0.2) is 27.3 Å². The van der Waals surface area contributed by atoms with Crippen molar-refractivity contribution in [2.75, 3.05) is 25.9 Å². The van der Waals surface area contributed by atoms with Crippen LogP contribution in [0, 0.1) is 0 Å². The summed E-state index contributed by atoms with van der Waals surface area (Å²) in [5.41, 5.74) is 0.729. The van der Waals surface area contributed by atoms with Crippen molar-refractivity contribution in [3.8, 4) is 23.0 Å². The first-order valence-electron chi connectivity index (χ1n) is 8.60. The van der Waals surface area contributed by atoms with Gasteiger partial charge in [0.2, 0.25) is 6.79 Å². The number of thiocarbonyl (C=S) groups is 1. The summed E-state index contributed by atoms with van der Waals surface area (Å²) < 4.78 is 21.4. The number of rotatable bonds is 5. The van der Waals surface area contributed by atoms with E-state index in [9.17, 15) is 14.7 Å². The molecule has 1 amide bonds. The standard InChI is InChI=1S/C20H15NO7S2/c1-25-13-5-3-10(16(19(23)24)17(13)26-2)7-15-18(22)21(20(29)30-15)11-4-6-12-14(8-11)28-9-27-12/h3-8H,9H2,1-2H3,(H,23,24)/b15-7+. The van der Waals surface area contributed by atoms with Gasteiger partial charge in [-0.25, -0.2) is 4.79 Å². The number of benzene rings is 2. The van der Waals surface area contributed by atoms with E-state index in [0.717, 1.165) is 11.8 Å². The molecule has 0 saturated carbocycles. The second-order valence-electron chi connectivity index (χ2n) is 6.13. The third-order valence-corrected chi connectivity index (χ3v) is 5.79. The van der Waals surface area contributed by atoms with Gasteiger partial charge < -0.3 is 24.1 Å². The number of ether oxygens (including phenoxy) is 4. The Morgan fingerprint density at radius 2 is 1.97 bits per heavy atom. The Kier molecular flexibility index (Phi) is 5.27. The number of amides is 1. The van der Waals surface area contributed by atoms with E-state index in [1.54, 1.807) is 30.3 Å². The van der Waals surface area contributed by atoms with Gasteiger partial charge in [-0.05, 0) is 29.8 Å². The molecule has 0 aromatic heterocycles. The summed E-state index contributed by atoms with van der Waals surface area (Å²) in [4.78, 5) is 26.6. The predicted molar refractivity (Wildman–Crippen MR) is 115 cm³/mol. The van der Waals surface area contributed by atoms with E-state index in [2.05, 4.69) is 0 Å². The molecule has 0 aliphatic carbocycles. The second-order valence-corrected chi connectivity index (χ2v) is 7.80. The molecule has 10 heteroatoms. The molecular weight excluding hydrogens is 430 g/mol. The quantitative estimate of drug-likeness (QED) is 0.548. The number of carbonyl (C=O) groups is 2. The maximum absolute atomic E-state index is 13.1. The Bertz CT molecular complexity index is 1110. The fourth-order valence-corrected chi connectivity index (χ4v) is 4.43. The summed E-state index contributed by atoms with van der Waals surface area (Å²) in [5, 5.41) is 9.69. The lowest BCUT2D eigenvalue weighted by atomic mass is 10.0. The molecule has 2 aromatic carbocycles. The predicted octanol–water partition coefficient (Wildman–Crippen LogP) is 3.54. The molecule has 2 aliphatic heterocycles. The highest BCUT2D eigenvalue weighted by molar-refractivity contribution is 8.27. The summed E-state index contributed by atoms with van der Waals surface area (Å²) in [6, 6.07) is 8.22. The van der Waals surface area contributed by atoms with E-state index >= 15 is 0 Å². The Labute approximate surface area is 181 Å². The van der Waals surface area contributed by atoms with E-state index in [-0.39, 0.29) is 34.7 Å². The lowest BCUT2D eigenvalue weighted by Crippen LogP contribution is -2.27. The zero-order valence-electron chi connectivity index (χ0n) is 15.8. The first-order chi connectivity index (χ1) is 14.4. The van der Waals surface area contributed by atoms with E-state index in [0.29, 0.717) is 27.1 Å². The van der Waals surface area contributed by atoms with Crippen LogP contribution < -0.4 is 23.8 Å². The molecule has 0 unspecified atom stereocenters. The number of hydrogen-bond donors (Lipinski definition) is 1. The maximum atomic E-state index is 13.1. The average Bonchev–Trinajstić information content (AvgIpc) is 3.30. The van der Waals surface area contributed by atoms with Crippen molar-refractivity contribution in [1.82, 2.24) is 0 Å². The maximum Gasteiger partial charge on any atom is 0.340 e. The van der Waals surface area contributed by atoms with Crippen LogP contribution in [0.1, 0.15) is 15.9 Å². The van der Waals surface area contributed by atoms with Gasteiger partial charge in [-0.3, -0.25) is 9.69 Å². The molecule has 2 aliphatic rings. The molecule has 4 rings (SSSR count). The zero-order chi connectivity index (χ0) is 21.4. The molecule has 1 N–H and O–H groups in total. The number of aromatic carboxylic acids is 1. The number of anilines is 1. The minimum Gasteiger partial charge on any atom is -0.493 e. The molecular formula is C20H15NO7S2. The number of fused-ring (bicyclic) bond motifs is 1. The Morgan fingerprint density at radius 1 is 1.20 bits per heavy atom. The molecule has 0 atom stereocenters. The first kappa shape index (κ1) is 20.0. The zero-order valence-corrected chi connectivity index (χ0v) is 17.5. The number of carboxylic acids is 1. The Balaban J connectivity index is 1.73. The number of thioether (sulfide) groups is 1. The molecule has 2 heterocycles. The van der Waals surface area contributed by atoms with Gasteiger partial charge in [0.05, 0.1) is 24.8 Å². The number of methoxy groups -OCH3 is 2. The number of carboxylic acid groups (broad SMARTS) is 1. The van der Waals surface area contributed by atoms with E-state index in [4.69, 9.17) is 31.2 Å². The average molecular weight is 445 g/mol. The SMILES string of the molecule is COc1ccc(/C=C2/SC(=S)N(c3ccc4c(c3)OCO4)C2=O)c(C(=O)O)c1OC. The summed E-state index contributed by atoms with van der Waals surface area (Å²) in [5.74, 6) is -0.0991. The van der Waals surface area contributed by atoms with Crippen LogP contribution in [-0.2, 0) is 4.79 Å². The third-order valence-electron chi connectivity index (χ3n) is 4.49. The van der Waals surface area contributed by atoms with E-state index in [1.165, 1.54) is 25.2 Å². The van der Waals surface area contributed by atoms with Crippen LogP contribution >= 0.6 is 24.0 Å². The van der Waals surface area contributed by atoms with Crippen LogP contribution in [-0.4, -0.2) is 42.3 Å². The van der Waals surface area contributed by atoms with E-state index < -0.39 is 5.97 Å². The van der Waals surface area contributed by atoms with Crippen molar-refractivity contribution in [3.05, 3.63) is 46.4 Å². The van der Waals surface area contributed by atoms with Crippen molar-refractivity contribution in [2.24, 2.45) is 0 Å². The molecule has 0 spiro atoms. The fourth-order valence-electron chi connectivity index (χ4n) is 3.14. The largest absolute Gasteiger partial charge is 0.493 e. The summed E-state index contributed by atoms with van der Waals surface area (Å²) in [6.07, 6.45) is 1.48. The molecule has 1 saturated heterocycles. The van der Waals surface area contributed by atoms with Crippen molar-refractivity contribution in [1.29, 1.82) is 0 Å². The lowest BCUT2D eigenvalue weighted by molar-refractivity contribution is -0.113. The number of hydrogen-bond acceptors (Lipinski definition) is 8. The van der Waals surface area contributed by atoms with Crippen LogP contribution in [0.2, 0.25) is 0 Å². The van der Waals surface area contributed by atoms with Crippen molar-refractivity contribution < 1.29 is 33.6 Å². The monoisotopic (exact) mass is 445 g/mol. The van der Waals surface area contributed by atoms with E-state index in [1.807, 2.05) is 0 Å². The Hall–Kier alpha value is -3.24. The van der Waals surface area contributed by atoms with Gasteiger partial charge in [0, 0.05) is 6.07 Å². The molecule has 30 heavy (non-hydrogen) atoms. The Morgan fingerprint density at radius 3 is 2.67 bits per heavy atom. The normalized spacial score (nSPS) is 16.3. The topological polar surface area (TPSA) is 94.5 Å². The number of carbonyl (C=O) groups excluding carboxylic acids is 1. The summed E-state index contributed by atoms with van der Waals surface area (Å²) in [6.45, 7) is 0.119. The second kappa shape index (κ2) is 7.88. The van der Waals surface area contributed by atoms with Crippen LogP contribution in [0.25, 0.3) is 6.08 Å². The fraction of sp³-hybridized carbons (Fsp3) is 0.150. The van der Waals surface area contributed by atoms with Crippen molar-refractivity contribution >= 4 is 51.9 Å². The van der Waals surface area contributed by atoms with Gasteiger partial charge in [-0.15, -0.1) is 0 Å². The van der Waals surface area contributed by atoms with Crippen LogP contribution in [0.5, 0.6) is 23.0 Å². The highest BCUT2D eigenvalue weighted by atomic mass is 32.2. The first-order valence-corrected chi connectivity index (χ1v) is 9.83. The highest BCUT2D eigenvalue weighted by Crippen LogP contribution is 2.42. The van der Waals surface area contributed by atoms with Gasteiger partial charge in [0.25, 0.3) is 5.91 Å². The van der Waals surface area contributed by atoms with Crippen molar-refractivity contribution in [3.63, 3.8) is 0 Å². The summed E-state index contributed by atoms with van der Waals surface area (Å²) >= 11 is 6.47. The van der Waals surface area contributed by atoms with Gasteiger partial charge >= 0.3 is 5.97 Å². The highest BCUT2D eigenvalue weighted by Gasteiger charge is 2.35. The van der Waals surface area contributed by atoms with Crippen LogP contribution in [0.15, 0.2) is 35.2 Å². The molecule has 8 nitrogen and oxygen atoms in total. The molecule has 0 radical (unpaired) electrons. The third kappa shape index (κ3) is 3.33. The molecule has 1 fully saturated rings. The molecule has 154 valence electrons. The smallest absolute Gasteiger partial charge is 0.340 e. The van der Waals surface area contributed by atoms with Crippen LogP contribution in [0.4, 0.5) is 5.69 Å². The van der Waals surface area contributed by atoms with Gasteiger partial charge in [0.1, 0.15) is 5.56 Å².